The summed E-state index contributed by atoms with van der Waals surface area (Å²) in [6, 6.07) is 5.02. The molecular weight excluding hydrogens is 307 g/mol. The Morgan fingerprint density at radius 1 is 1.30 bits per heavy atom. The summed E-state index contributed by atoms with van der Waals surface area (Å²) in [6.45, 7) is 3.82. The minimum Gasteiger partial charge on any atom is -0.396 e. The molecule has 3 unspecified atom stereocenters. The molecule has 23 heavy (non-hydrogen) atoms. The first kappa shape index (κ1) is 17.8. The third-order valence-electron chi connectivity index (χ3n) is 4.66. The maximum absolute atomic E-state index is 12.6. The van der Waals surface area contributed by atoms with Gasteiger partial charge in [-0.25, -0.2) is 0 Å². The Hall–Kier alpha value is -1.56. The molecular formula is C17H22F3NO2. The lowest BCUT2D eigenvalue weighted by atomic mass is 9.94. The van der Waals surface area contributed by atoms with Crippen molar-refractivity contribution in [2.24, 2.45) is 5.92 Å². The quantitative estimate of drug-likeness (QED) is 0.839. The number of rotatable bonds is 6. The third kappa shape index (κ3) is 4.25. The normalized spacial score (nSPS) is 23.2. The van der Waals surface area contributed by atoms with Crippen molar-refractivity contribution in [1.82, 2.24) is 5.32 Å². The van der Waals surface area contributed by atoms with Gasteiger partial charge >= 0.3 is 6.18 Å². The second kappa shape index (κ2) is 6.51. The molecule has 0 spiro atoms. The van der Waals surface area contributed by atoms with E-state index in [1.165, 1.54) is 12.1 Å². The van der Waals surface area contributed by atoms with Crippen LogP contribution in [-0.4, -0.2) is 23.2 Å². The Labute approximate surface area is 133 Å². The number of halogens is 3. The number of aliphatic hydroxyl groups is 1. The summed E-state index contributed by atoms with van der Waals surface area (Å²) in [5.74, 6) is -0.309. The van der Waals surface area contributed by atoms with Crippen molar-refractivity contribution in [2.45, 2.75) is 50.7 Å². The molecule has 0 aromatic heterocycles. The van der Waals surface area contributed by atoms with Gasteiger partial charge in [-0.3, -0.25) is 4.79 Å². The number of carbonyl (C=O) groups is 1. The Morgan fingerprint density at radius 2 is 1.91 bits per heavy atom. The molecule has 3 nitrogen and oxygen atoms in total. The van der Waals surface area contributed by atoms with E-state index in [2.05, 4.69) is 5.32 Å². The fraction of sp³-hybridized carbons (Fsp3) is 0.588. The van der Waals surface area contributed by atoms with E-state index in [0.29, 0.717) is 19.3 Å². The number of nitrogens with one attached hydrogen (secondary N) is 1. The Kier molecular flexibility index (Phi) is 5.04. The first-order chi connectivity index (χ1) is 10.7. The first-order valence-electron chi connectivity index (χ1n) is 7.80. The molecule has 6 heteroatoms. The molecule has 3 atom stereocenters. The van der Waals surface area contributed by atoms with Crippen LogP contribution < -0.4 is 5.32 Å². The summed E-state index contributed by atoms with van der Waals surface area (Å²) in [5.41, 5.74) is -0.359. The van der Waals surface area contributed by atoms with Gasteiger partial charge in [0.2, 0.25) is 5.91 Å². The lowest BCUT2D eigenvalue weighted by Crippen LogP contribution is -2.47. The molecule has 0 aliphatic heterocycles. The number of carbonyl (C=O) groups excluding carboxylic acids is 1. The number of aliphatic hydroxyl groups excluding tert-OH is 1. The zero-order chi connectivity index (χ0) is 17.3. The van der Waals surface area contributed by atoms with Crippen LogP contribution in [0.4, 0.5) is 13.2 Å². The van der Waals surface area contributed by atoms with Gasteiger partial charge in [0.05, 0.1) is 5.56 Å². The van der Waals surface area contributed by atoms with Gasteiger partial charge in [0, 0.05) is 18.1 Å². The zero-order valence-corrected chi connectivity index (χ0v) is 13.3. The van der Waals surface area contributed by atoms with Crippen molar-refractivity contribution < 1.29 is 23.1 Å². The number of hydrogen-bond acceptors (Lipinski definition) is 2. The zero-order valence-electron chi connectivity index (χ0n) is 13.3. The summed E-state index contributed by atoms with van der Waals surface area (Å²) in [6.07, 6.45) is -2.51. The highest BCUT2D eigenvalue weighted by Gasteiger charge is 2.45. The van der Waals surface area contributed by atoms with E-state index in [0.717, 1.165) is 17.7 Å². The van der Waals surface area contributed by atoms with E-state index in [1.54, 1.807) is 0 Å². The minimum absolute atomic E-state index is 0.00236. The van der Waals surface area contributed by atoms with Gasteiger partial charge in [-0.05, 0) is 49.8 Å². The molecule has 0 heterocycles. The lowest BCUT2D eigenvalue weighted by Gasteiger charge is -2.29. The van der Waals surface area contributed by atoms with Crippen LogP contribution in [0.3, 0.4) is 0 Å². The maximum Gasteiger partial charge on any atom is 0.416 e. The highest BCUT2D eigenvalue weighted by Crippen LogP contribution is 2.48. The molecule has 0 radical (unpaired) electrons. The molecule has 0 saturated heterocycles. The van der Waals surface area contributed by atoms with E-state index >= 15 is 0 Å². The van der Waals surface area contributed by atoms with Crippen LogP contribution in [0.25, 0.3) is 0 Å². The summed E-state index contributed by atoms with van der Waals surface area (Å²) in [4.78, 5) is 12.3. The predicted molar refractivity (Wildman–Crippen MR) is 80.8 cm³/mol. The standard InChI is InChI=1S/C17H22F3NO2/c1-3-16(2,8-9-22)21-15(23)14-10-13(14)11-4-6-12(7-5-11)17(18,19)20/h4-7,13-14,22H,3,8-10H2,1-2H3,(H,21,23). The van der Waals surface area contributed by atoms with Crippen molar-refractivity contribution in [3.63, 3.8) is 0 Å². The fourth-order valence-corrected chi connectivity index (χ4v) is 2.74. The van der Waals surface area contributed by atoms with Gasteiger partial charge in [-0.1, -0.05) is 19.1 Å². The van der Waals surface area contributed by atoms with Gasteiger partial charge in [0.15, 0.2) is 0 Å². The van der Waals surface area contributed by atoms with Gasteiger partial charge < -0.3 is 10.4 Å². The van der Waals surface area contributed by atoms with E-state index < -0.39 is 17.3 Å². The van der Waals surface area contributed by atoms with Crippen LogP contribution in [0.1, 0.15) is 50.2 Å². The van der Waals surface area contributed by atoms with Crippen LogP contribution in [0, 0.1) is 5.92 Å². The number of benzene rings is 1. The maximum atomic E-state index is 12.6. The predicted octanol–water partition coefficient (Wildman–Crippen LogP) is 3.48. The Balaban J connectivity index is 1.98. The summed E-state index contributed by atoms with van der Waals surface area (Å²) < 4.78 is 37.7. The lowest BCUT2D eigenvalue weighted by molar-refractivity contribution is -0.137. The topological polar surface area (TPSA) is 49.3 Å². The second-order valence-corrected chi connectivity index (χ2v) is 6.45. The van der Waals surface area contributed by atoms with Gasteiger partial charge in [0.25, 0.3) is 0 Å². The molecule has 1 saturated carbocycles. The number of alkyl halides is 3. The molecule has 2 rings (SSSR count). The van der Waals surface area contributed by atoms with Crippen LogP contribution in [-0.2, 0) is 11.0 Å². The average Bonchev–Trinajstić information content (AvgIpc) is 3.27. The minimum atomic E-state index is -4.34. The third-order valence-corrected chi connectivity index (χ3v) is 4.66. The fourth-order valence-electron chi connectivity index (χ4n) is 2.74. The molecule has 2 N–H and O–H groups in total. The molecule has 1 aromatic rings. The van der Waals surface area contributed by atoms with Crippen molar-refractivity contribution >= 4 is 5.91 Å². The van der Waals surface area contributed by atoms with E-state index in [4.69, 9.17) is 5.11 Å². The molecule has 1 amide bonds. The van der Waals surface area contributed by atoms with Crippen LogP contribution in [0.15, 0.2) is 24.3 Å². The smallest absolute Gasteiger partial charge is 0.396 e. The molecule has 1 fully saturated rings. The molecule has 128 valence electrons. The Morgan fingerprint density at radius 3 is 2.39 bits per heavy atom. The Bertz CT molecular complexity index is 556. The molecule has 1 aliphatic carbocycles. The monoisotopic (exact) mass is 329 g/mol. The van der Waals surface area contributed by atoms with Gasteiger partial charge in [0.1, 0.15) is 0 Å². The average molecular weight is 329 g/mol. The van der Waals surface area contributed by atoms with Gasteiger partial charge in [-0.2, -0.15) is 13.2 Å². The molecule has 0 bridgehead atoms. The summed E-state index contributed by atoms with van der Waals surface area (Å²) in [7, 11) is 0. The van der Waals surface area contributed by atoms with Crippen LogP contribution >= 0.6 is 0 Å². The van der Waals surface area contributed by atoms with Crippen molar-refractivity contribution in [3.05, 3.63) is 35.4 Å². The summed E-state index contributed by atoms with van der Waals surface area (Å²) in [5, 5.41) is 12.0. The molecule has 1 aliphatic rings. The van der Waals surface area contributed by atoms with Crippen molar-refractivity contribution in [2.75, 3.05) is 6.61 Å². The highest BCUT2D eigenvalue weighted by atomic mass is 19.4. The highest BCUT2D eigenvalue weighted by molar-refractivity contribution is 5.83. The van der Waals surface area contributed by atoms with Crippen LogP contribution in [0.2, 0.25) is 0 Å². The molecule has 1 aromatic carbocycles. The van der Waals surface area contributed by atoms with Gasteiger partial charge in [-0.15, -0.1) is 0 Å². The second-order valence-electron chi connectivity index (χ2n) is 6.45. The van der Waals surface area contributed by atoms with Crippen molar-refractivity contribution in [3.8, 4) is 0 Å². The van der Waals surface area contributed by atoms with Crippen LogP contribution in [0.5, 0.6) is 0 Å². The van der Waals surface area contributed by atoms with E-state index in [1.807, 2.05) is 13.8 Å². The number of hydrogen-bond donors (Lipinski definition) is 2. The van der Waals surface area contributed by atoms with Crippen molar-refractivity contribution in [1.29, 1.82) is 0 Å². The summed E-state index contributed by atoms with van der Waals surface area (Å²) >= 11 is 0. The number of amides is 1. The SMILES string of the molecule is CCC(C)(CCO)NC(=O)C1CC1c1ccc(C(F)(F)F)cc1. The largest absolute Gasteiger partial charge is 0.416 e. The van der Waals surface area contributed by atoms with E-state index in [-0.39, 0.29) is 24.3 Å². The first-order valence-corrected chi connectivity index (χ1v) is 7.80. The van der Waals surface area contributed by atoms with E-state index in [9.17, 15) is 18.0 Å².